The number of ether oxygens (including phenoxy) is 1. The van der Waals surface area contributed by atoms with Crippen LogP contribution in [0.3, 0.4) is 0 Å². The summed E-state index contributed by atoms with van der Waals surface area (Å²) in [7, 11) is 1.56. The van der Waals surface area contributed by atoms with E-state index in [2.05, 4.69) is 26.1 Å². The smallest absolute Gasteiger partial charge is 0.282 e. The van der Waals surface area contributed by atoms with Gasteiger partial charge < -0.3 is 10.1 Å². The highest BCUT2D eigenvalue weighted by Crippen LogP contribution is 2.35. The largest absolute Gasteiger partial charge is 0.497 e. The molecule has 3 aromatic carbocycles. The Morgan fingerprint density at radius 1 is 0.824 bits per heavy atom. The number of nitrogens with one attached hydrogen (secondary N) is 1. The van der Waals surface area contributed by atoms with Gasteiger partial charge in [0.2, 0.25) is 0 Å². The van der Waals surface area contributed by atoms with Crippen molar-refractivity contribution in [2.45, 2.75) is 40.0 Å². The molecular weight excluding hydrogens is 424 g/mol. The molecule has 1 N–H and O–H groups in total. The van der Waals surface area contributed by atoms with E-state index >= 15 is 0 Å². The first-order valence-corrected chi connectivity index (χ1v) is 11.3. The Hall–Kier alpha value is -3.86. The minimum Gasteiger partial charge on any atom is -0.497 e. The van der Waals surface area contributed by atoms with Crippen molar-refractivity contribution in [1.82, 2.24) is 0 Å². The third-order valence-electron chi connectivity index (χ3n) is 6.21. The number of anilines is 2. The molecule has 1 aliphatic rings. The lowest BCUT2D eigenvalue weighted by Gasteiger charge is -2.19. The number of amides is 2. The zero-order chi connectivity index (χ0) is 24.6. The van der Waals surface area contributed by atoms with Crippen molar-refractivity contribution in [3.05, 3.63) is 94.7 Å². The van der Waals surface area contributed by atoms with E-state index in [1.807, 2.05) is 56.3 Å². The number of hydrogen-bond acceptors (Lipinski definition) is 4. The third kappa shape index (κ3) is 4.34. The van der Waals surface area contributed by atoms with Gasteiger partial charge in [0.05, 0.1) is 18.4 Å². The molecule has 5 heteroatoms. The number of imide groups is 1. The molecule has 0 saturated heterocycles. The summed E-state index contributed by atoms with van der Waals surface area (Å²) in [5.41, 5.74) is 5.93. The van der Waals surface area contributed by atoms with Crippen LogP contribution in [0.1, 0.15) is 43.0 Å². The SMILES string of the molecule is COc1cccc(N2C(=O)C(Nc3ccc(C(C)(C)C)cc3)=C(c3ccc(C)c(C)c3)C2=O)c1. The minimum atomic E-state index is -0.397. The third-order valence-corrected chi connectivity index (χ3v) is 6.21. The Morgan fingerprint density at radius 3 is 2.15 bits per heavy atom. The normalized spacial score (nSPS) is 14.1. The van der Waals surface area contributed by atoms with Crippen LogP contribution >= 0.6 is 0 Å². The molecule has 0 atom stereocenters. The fourth-order valence-electron chi connectivity index (χ4n) is 3.99. The molecule has 1 heterocycles. The van der Waals surface area contributed by atoms with Gasteiger partial charge in [0.25, 0.3) is 11.8 Å². The lowest BCUT2D eigenvalue weighted by molar-refractivity contribution is -0.120. The average Bonchev–Trinajstić information content (AvgIpc) is 3.04. The molecule has 174 valence electrons. The van der Waals surface area contributed by atoms with E-state index in [1.165, 1.54) is 10.5 Å². The van der Waals surface area contributed by atoms with Crippen LogP contribution in [0, 0.1) is 13.8 Å². The van der Waals surface area contributed by atoms with Gasteiger partial charge in [0, 0.05) is 11.8 Å². The van der Waals surface area contributed by atoms with Gasteiger partial charge in [0.15, 0.2) is 0 Å². The van der Waals surface area contributed by atoms with Gasteiger partial charge in [-0.05, 0) is 65.8 Å². The van der Waals surface area contributed by atoms with E-state index in [0.717, 1.165) is 16.8 Å². The van der Waals surface area contributed by atoms with Crippen molar-refractivity contribution >= 4 is 28.8 Å². The van der Waals surface area contributed by atoms with Gasteiger partial charge in [0.1, 0.15) is 11.4 Å². The summed E-state index contributed by atoms with van der Waals surface area (Å²) in [6, 6.07) is 20.8. The molecule has 5 nitrogen and oxygen atoms in total. The van der Waals surface area contributed by atoms with Crippen LogP contribution in [-0.2, 0) is 15.0 Å². The second-order valence-electron chi connectivity index (χ2n) is 9.65. The predicted octanol–water partition coefficient (Wildman–Crippen LogP) is 6.01. The van der Waals surface area contributed by atoms with Gasteiger partial charge in [-0.2, -0.15) is 0 Å². The van der Waals surface area contributed by atoms with Gasteiger partial charge in [-0.3, -0.25) is 9.59 Å². The molecule has 0 fully saturated rings. The monoisotopic (exact) mass is 454 g/mol. The first kappa shape index (κ1) is 23.3. The first-order valence-electron chi connectivity index (χ1n) is 11.3. The quantitative estimate of drug-likeness (QED) is 0.480. The molecule has 0 aliphatic carbocycles. The van der Waals surface area contributed by atoms with Crippen LogP contribution in [0.5, 0.6) is 5.75 Å². The summed E-state index contributed by atoms with van der Waals surface area (Å²) < 4.78 is 5.31. The Labute approximate surface area is 201 Å². The second-order valence-corrected chi connectivity index (χ2v) is 9.65. The molecule has 1 aliphatic heterocycles. The van der Waals surface area contributed by atoms with Gasteiger partial charge >= 0.3 is 0 Å². The number of aryl methyl sites for hydroxylation is 2. The van der Waals surface area contributed by atoms with E-state index in [4.69, 9.17) is 4.74 Å². The van der Waals surface area contributed by atoms with Crippen molar-refractivity contribution in [2.75, 3.05) is 17.3 Å². The molecule has 0 unspecified atom stereocenters. The number of hydrogen-bond donors (Lipinski definition) is 1. The van der Waals surface area contributed by atoms with Crippen molar-refractivity contribution in [1.29, 1.82) is 0 Å². The van der Waals surface area contributed by atoms with Crippen LogP contribution in [0.25, 0.3) is 5.57 Å². The summed E-state index contributed by atoms with van der Waals surface area (Å²) in [6.07, 6.45) is 0. The fraction of sp³-hybridized carbons (Fsp3) is 0.241. The van der Waals surface area contributed by atoms with Crippen LogP contribution in [-0.4, -0.2) is 18.9 Å². The van der Waals surface area contributed by atoms with E-state index in [-0.39, 0.29) is 17.0 Å². The molecule has 2 amide bonds. The lowest BCUT2D eigenvalue weighted by atomic mass is 9.87. The Balaban J connectivity index is 1.80. The molecule has 0 saturated carbocycles. The van der Waals surface area contributed by atoms with Crippen molar-refractivity contribution in [3.63, 3.8) is 0 Å². The topological polar surface area (TPSA) is 58.6 Å². The summed E-state index contributed by atoms with van der Waals surface area (Å²) >= 11 is 0. The number of carbonyl (C=O) groups is 2. The summed E-state index contributed by atoms with van der Waals surface area (Å²) in [5.74, 6) is -0.188. The fourth-order valence-corrected chi connectivity index (χ4v) is 3.99. The minimum absolute atomic E-state index is 0.0185. The van der Waals surface area contributed by atoms with Crippen molar-refractivity contribution in [3.8, 4) is 5.75 Å². The van der Waals surface area contributed by atoms with Crippen molar-refractivity contribution in [2.24, 2.45) is 0 Å². The Bertz CT molecular complexity index is 1300. The molecular formula is C29H30N2O3. The molecule has 0 aromatic heterocycles. The van der Waals surface area contributed by atoms with E-state index < -0.39 is 5.91 Å². The summed E-state index contributed by atoms with van der Waals surface area (Å²) in [6.45, 7) is 10.5. The Kier molecular flexibility index (Phi) is 6.05. The molecule has 4 rings (SSSR count). The zero-order valence-corrected chi connectivity index (χ0v) is 20.5. The summed E-state index contributed by atoms with van der Waals surface area (Å²) in [4.78, 5) is 28.5. The number of carbonyl (C=O) groups excluding carboxylic acids is 2. The predicted molar refractivity (Wildman–Crippen MR) is 137 cm³/mol. The number of nitrogens with zero attached hydrogens (tertiary/aromatic N) is 1. The molecule has 0 spiro atoms. The molecule has 34 heavy (non-hydrogen) atoms. The molecule has 0 bridgehead atoms. The molecule has 0 radical (unpaired) electrons. The van der Waals surface area contributed by atoms with Crippen LogP contribution in [0.15, 0.2) is 72.4 Å². The maximum Gasteiger partial charge on any atom is 0.282 e. The maximum atomic E-state index is 13.7. The number of methoxy groups -OCH3 is 1. The second kappa shape index (κ2) is 8.82. The van der Waals surface area contributed by atoms with Gasteiger partial charge in [-0.1, -0.05) is 57.2 Å². The number of rotatable bonds is 5. The highest BCUT2D eigenvalue weighted by atomic mass is 16.5. The van der Waals surface area contributed by atoms with Crippen LogP contribution < -0.4 is 15.0 Å². The molecule has 3 aromatic rings. The average molecular weight is 455 g/mol. The maximum absolute atomic E-state index is 13.7. The van der Waals surface area contributed by atoms with Crippen LogP contribution in [0.2, 0.25) is 0 Å². The van der Waals surface area contributed by atoms with Gasteiger partial charge in [-0.15, -0.1) is 0 Å². The number of benzene rings is 3. The van der Waals surface area contributed by atoms with Crippen LogP contribution in [0.4, 0.5) is 11.4 Å². The Morgan fingerprint density at radius 2 is 1.53 bits per heavy atom. The lowest BCUT2D eigenvalue weighted by Crippen LogP contribution is -2.32. The van der Waals surface area contributed by atoms with E-state index in [1.54, 1.807) is 31.4 Å². The highest BCUT2D eigenvalue weighted by Gasteiger charge is 2.40. The van der Waals surface area contributed by atoms with Gasteiger partial charge in [-0.25, -0.2) is 4.90 Å². The van der Waals surface area contributed by atoms with Crippen molar-refractivity contribution < 1.29 is 14.3 Å². The summed E-state index contributed by atoms with van der Waals surface area (Å²) in [5, 5.41) is 3.25. The van der Waals surface area contributed by atoms with E-state index in [9.17, 15) is 9.59 Å². The highest BCUT2D eigenvalue weighted by molar-refractivity contribution is 6.46. The standard InChI is InChI=1S/C29H30N2O3/c1-18-10-11-20(16-19(18)2)25-26(30-22-14-12-21(13-15-22)29(3,4)5)28(33)31(27(25)32)23-8-7-9-24(17-23)34-6/h7-17,30H,1-6H3. The zero-order valence-electron chi connectivity index (χ0n) is 20.5. The first-order chi connectivity index (χ1) is 16.1. The van der Waals surface area contributed by atoms with E-state index in [0.29, 0.717) is 22.6 Å².